The molecular weight excluding hydrogens is 195 g/mol. The molecule has 15 heavy (non-hydrogen) atoms. The third kappa shape index (κ3) is 2.05. The van der Waals surface area contributed by atoms with Gasteiger partial charge in [0.25, 0.3) is 0 Å². The van der Waals surface area contributed by atoms with E-state index in [0.29, 0.717) is 11.3 Å². The quantitative estimate of drug-likeness (QED) is 0.819. The third-order valence-electron chi connectivity index (χ3n) is 2.15. The molecule has 0 saturated heterocycles. The molecule has 0 aliphatic carbocycles. The molecule has 2 aromatic heterocycles. The van der Waals surface area contributed by atoms with Crippen molar-refractivity contribution < 1.29 is 8.81 Å². The van der Waals surface area contributed by atoms with Crippen LogP contribution in [0.2, 0.25) is 0 Å². The number of nitrogens with two attached hydrogens (primary N) is 1. The van der Waals surface area contributed by atoms with Crippen LogP contribution in [0.4, 0.5) is 4.39 Å². The van der Waals surface area contributed by atoms with Crippen LogP contribution in [0.1, 0.15) is 23.1 Å². The Morgan fingerprint density at radius 2 is 2.20 bits per heavy atom. The minimum Gasteiger partial charge on any atom is -0.464 e. The van der Waals surface area contributed by atoms with Crippen molar-refractivity contribution in [3.05, 3.63) is 53.5 Å². The van der Waals surface area contributed by atoms with E-state index in [1.54, 1.807) is 6.07 Å². The standard InChI is InChI=1S/C11H11FN2O/c1-7-2-3-10(15-7)11(13)8-4-9(12)6-14-5-8/h2-6,11H,13H2,1H3. The number of hydrogen-bond donors (Lipinski definition) is 1. The van der Waals surface area contributed by atoms with E-state index in [-0.39, 0.29) is 0 Å². The average Bonchev–Trinajstić information content (AvgIpc) is 2.64. The van der Waals surface area contributed by atoms with Crippen LogP contribution < -0.4 is 5.73 Å². The molecule has 0 bridgehead atoms. The molecule has 0 aliphatic heterocycles. The summed E-state index contributed by atoms with van der Waals surface area (Å²) in [6, 6.07) is 4.49. The first-order chi connectivity index (χ1) is 7.16. The third-order valence-corrected chi connectivity index (χ3v) is 2.15. The van der Waals surface area contributed by atoms with Crippen molar-refractivity contribution in [3.63, 3.8) is 0 Å². The number of rotatable bonds is 2. The SMILES string of the molecule is Cc1ccc(C(N)c2cncc(F)c2)o1. The maximum Gasteiger partial charge on any atom is 0.141 e. The van der Waals surface area contributed by atoms with E-state index in [1.807, 2.05) is 13.0 Å². The van der Waals surface area contributed by atoms with Crippen LogP contribution in [0.5, 0.6) is 0 Å². The Bertz CT molecular complexity index is 467. The minimum atomic E-state index is -0.470. The van der Waals surface area contributed by atoms with Gasteiger partial charge in [-0.2, -0.15) is 0 Å². The van der Waals surface area contributed by atoms with Crippen LogP contribution in [0.25, 0.3) is 0 Å². The van der Waals surface area contributed by atoms with E-state index >= 15 is 0 Å². The van der Waals surface area contributed by atoms with E-state index in [2.05, 4.69) is 4.98 Å². The lowest BCUT2D eigenvalue weighted by atomic mass is 10.1. The lowest BCUT2D eigenvalue weighted by Crippen LogP contribution is -2.11. The molecule has 0 spiro atoms. The van der Waals surface area contributed by atoms with Crippen molar-refractivity contribution in [1.82, 2.24) is 4.98 Å². The van der Waals surface area contributed by atoms with Crippen molar-refractivity contribution in [2.45, 2.75) is 13.0 Å². The average molecular weight is 206 g/mol. The molecule has 0 fully saturated rings. The molecule has 78 valence electrons. The molecule has 0 radical (unpaired) electrons. The van der Waals surface area contributed by atoms with Gasteiger partial charge in [-0.3, -0.25) is 4.98 Å². The molecule has 2 aromatic rings. The maximum absolute atomic E-state index is 12.9. The lowest BCUT2D eigenvalue weighted by Gasteiger charge is -2.08. The Morgan fingerprint density at radius 3 is 2.80 bits per heavy atom. The minimum absolute atomic E-state index is 0.397. The topological polar surface area (TPSA) is 52.0 Å². The fourth-order valence-electron chi connectivity index (χ4n) is 1.38. The predicted octanol–water partition coefficient (Wildman–Crippen LogP) is 2.17. The molecule has 1 unspecified atom stereocenters. The summed E-state index contributed by atoms with van der Waals surface area (Å²) in [5.74, 6) is 0.996. The monoisotopic (exact) mass is 206 g/mol. The molecule has 2 rings (SSSR count). The van der Waals surface area contributed by atoms with Crippen molar-refractivity contribution in [2.24, 2.45) is 5.73 Å². The number of halogens is 1. The van der Waals surface area contributed by atoms with Crippen molar-refractivity contribution >= 4 is 0 Å². The van der Waals surface area contributed by atoms with Gasteiger partial charge >= 0.3 is 0 Å². The molecule has 0 saturated carbocycles. The van der Waals surface area contributed by atoms with Gasteiger partial charge < -0.3 is 10.2 Å². The van der Waals surface area contributed by atoms with Gasteiger partial charge in [0.1, 0.15) is 17.3 Å². The second-order valence-electron chi connectivity index (χ2n) is 3.36. The summed E-state index contributed by atoms with van der Waals surface area (Å²) in [7, 11) is 0. The number of nitrogens with zero attached hydrogens (tertiary/aromatic N) is 1. The normalized spacial score (nSPS) is 12.7. The maximum atomic E-state index is 12.9. The summed E-state index contributed by atoms with van der Waals surface area (Å²) in [5, 5.41) is 0. The van der Waals surface area contributed by atoms with Crippen LogP contribution in [0, 0.1) is 12.7 Å². The van der Waals surface area contributed by atoms with Crippen LogP contribution in [0.3, 0.4) is 0 Å². The Balaban J connectivity index is 2.32. The van der Waals surface area contributed by atoms with Crippen molar-refractivity contribution in [3.8, 4) is 0 Å². The van der Waals surface area contributed by atoms with Gasteiger partial charge in [0.2, 0.25) is 0 Å². The Kier molecular flexibility index (Phi) is 2.51. The zero-order valence-corrected chi connectivity index (χ0v) is 8.27. The van der Waals surface area contributed by atoms with Gasteiger partial charge in [0, 0.05) is 6.20 Å². The Morgan fingerprint density at radius 1 is 1.40 bits per heavy atom. The summed E-state index contributed by atoms with van der Waals surface area (Å²) < 4.78 is 18.3. The first kappa shape index (κ1) is 9.86. The zero-order chi connectivity index (χ0) is 10.8. The summed E-state index contributed by atoms with van der Waals surface area (Å²) in [5.41, 5.74) is 6.50. The highest BCUT2D eigenvalue weighted by Crippen LogP contribution is 2.21. The number of furan rings is 1. The first-order valence-electron chi connectivity index (χ1n) is 4.59. The van der Waals surface area contributed by atoms with Crippen LogP contribution in [-0.4, -0.2) is 4.98 Å². The van der Waals surface area contributed by atoms with Gasteiger partial charge in [-0.05, 0) is 30.7 Å². The number of aryl methyl sites for hydroxylation is 1. The van der Waals surface area contributed by atoms with Crippen molar-refractivity contribution in [1.29, 1.82) is 0 Å². The van der Waals surface area contributed by atoms with Gasteiger partial charge in [-0.15, -0.1) is 0 Å². The fraction of sp³-hybridized carbons (Fsp3) is 0.182. The van der Waals surface area contributed by atoms with Gasteiger partial charge in [0.05, 0.1) is 12.2 Å². The summed E-state index contributed by atoms with van der Waals surface area (Å²) in [4.78, 5) is 3.74. The van der Waals surface area contributed by atoms with Gasteiger partial charge in [-0.1, -0.05) is 0 Å². The van der Waals surface area contributed by atoms with E-state index in [1.165, 1.54) is 12.3 Å². The molecule has 4 heteroatoms. The van der Waals surface area contributed by atoms with Crippen LogP contribution in [0.15, 0.2) is 35.0 Å². The smallest absolute Gasteiger partial charge is 0.141 e. The highest BCUT2D eigenvalue weighted by molar-refractivity contribution is 5.24. The van der Waals surface area contributed by atoms with E-state index in [0.717, 1.165) is 12.0 Å². The molecule has 1 atom stereocenters. The number of aromatic nitrogens is 1. The summed E-state index contributed by atoms with van der Waals surface area (Å²) in [6.45, 7) is 1.83. The molecular formula is C11H11FN2O. The largest absolute Gasteiger partial charge is 0.464 e. The summed E-state index contributed by atoms with van der Waals surface area (Å²) >= 11 is 0. The van der Waals surface area contributed by atoms with Crippen LogP contribution >= 0.6 is 0 Å². The molecule has 2 N–H and O–H groups in total. The Hall–Kier alpha value is -1.68. The fourth-order valence-corrected chi connectivity index (χ4v) is 1.38. The van der Waals surface area contributed by atoms with Crippen molar-refractivity contribution in [2.75, 3.05) is 0 Å². The molecule has 3 nitrogen and oxygen atoms in total. The van der Waals surface area contributed by atoms with Crippen LogP contribution in [-0.2, 0) is 0 Å². The van der Waals surface area contributed by atoms with Gasteiger partial charge in [-0.25, -0.2) is 4.39 Å². The molecule has 0 amide bonds. The molecule has 2 heterocycles. The molecule has 0 aliphatic rings. The van der Waals surface area contributed by atoms with E-state index < -0.39 is 11.9 Å². The lowest BCUT2D eigenvalue weighted by molar-refractivity contribution is 0.465. The number of hydrogen-bond acceptors (Lipinski definition) is 3. The predicted molar refractivity (Wildman–Crippen MR) is 53.7 cm³/mol. The highest BCUT2D eigenvalue weighted by Gasteiger charge is 2.13. The van der Waals surface area contributed by atoms with Gasteiger partial charge in [0.15, 0.2) is 0 Å². The summed E-state index contributed by atoms with van der Waals surface area (Å²) in [6.07, 6.45) is 2.68. The number of pyridine rings is 1. The Labute approximate surface area is 86.7 Å². The second kappa shape index (κ2) is 3.82. The van der Waals surface area contributed by atoms with E-state index in [4.69, 9.17) is 10.2 Å². The highest BCUT2D eigenvalue weighted by atomic mass is 19.1. The second-order valence-corrected chi connectivity index (χ2v) is 3.36. The first-order valence-corrected chi connectivity index (χ1v) is 4.59. The zero-order valence-electron chi connectivity index (χ0n) is 8.27. The molecule has 0 aromatic carbocycles. The van der Waals surface area contributed by atoms with E-state index in [9.17, 15) is 4.39 Å².